The summed E-state index contributed by atoms with van der Waals surface area (Å²) in [6.45, 7) is 1.93. The molecule has 1 aromatic carbocycles. The predicted molar refractivity (Wildman–Crippen MR) is 79.6 cm³/mol. The van der Waals surface area contributed by atoms with Crippen LogP contribution in [0.4, 0.5) is 0 Å². The van der Waals surface area contributed by atoms with Crippen molar-refractivity contribution in [1.82, 2.24) is 14.8 Å². The standard InChI is InChI=1S/C13H13Cl2N3OS/c1-8-16-17-13(18(8)9-2-3-9)7-20(19)10-4-5-11(14)12(15)6-10/h4-6,9H,2-3,7H2,1H3/t20-/m0/s1. The lowest BCUT2D eigenvalue weighted by Gasteiger charge is -2.07. The molecule has 1 saturated carbocycles. The molecule has 1 fully saturated rings. The fourth-order valence-electron chi connectivity index (χ4n) is 2.14. The summed E-state index contributed by atoms with van der Waals surface area (Å²) in [6.07, 6.45) is 2.29. The van der Waals surface area contributed by atoms with Crippen LogP contribution in [0.2, 0.25) is 10.0 Å². The van der Waals surface area contributed by atoms with E-state index in [1.165, 1.54) is 0 Å². The van der Waals surface area contributed by atoms with E-state index >= 15 is 0 Å². The van der Waals surface area contributed by atoms with Crippen LogP contribution in [0, 0.1) is 6.92 Å². The van der Waals surface area contributed by atoms with Crippen molar-refractivity contribution >= 4 is 34.0 Å². The number of rotatable bonds is 4. The van der Waals surface area contributed by atoms with E-state index in [0.29, 0.717) is 26.7 Å². The van der Waals surface area contributed by atoms with Gasteiger partial charge in [0, 0.05) is 10.9 Å². The lowest BCUT2D eigenvalue weighted by atomic mass is 10.4. The minimum Gasteiger partial charge on any atom is -0.311 e. The first kappa shape index (κ1) is 14.0. The van der Waals surface area contributed by atoms with E-state index < -0.39 is 10.8 Å². The van der Waals surface area contributed by atoms with E-state index in [1.807, 2.05) is 6.92 Å². The molecule has 3 rings (SSSR count). The summed E-state index contributed by atoms with van der Waals surface area (Å²) in [6, 6.07) is 5.51. The molecule has 1 aliphatic carbocycles. The van der Waals surface area contributed by atoms with Gasteiger partial charge in [-0.2, -0.15) is 0 Å². The molecule has 2 aromatic rings. The molecule has 20 heavy (non-hydrogen) atoms. The predicted octanol–water partition coefficient (Wildman–Crippen LogP) is 3.54. The van der Waals surface area contributed by atoms with Gasteiger partial charge in [-0.1, -0.05) is 23.2 Å². The molecule has 7 heteroatoms. The molecule has 4 nitrogen and oxygen atoms in total. The van der Waals surface area contributed by atoms with Gasteiger partial charge in [-0.15, -0.1) is 10.2 Å². The summed E-state index contributed by atoms with van der Waals surface area (Å²) < 4.78 is 14.5. The molecular weight excluding hydrogens is 317 g/mol. The zero-order valence-corrected chi connectivity index (χ0v) is 13.2. The van der Waals surface area contributed by atoms with Gasteiger partial charge in [0.05, 0.1) is 26.6 Å². The van der Waals surface area contributed by atoms with Crippen molar-refractivity contribution in [2.24, 2.45) is 0 Å². The minimum absolute atomic E-state index is 0.343. The lowest BCUT2D eigenvalue weighted by molar-refractivity contribution is 0.664. The molecule has 1 atom stereocenters. The Bertz CT molecular complexity index is 682. The Kier molecular flexibility index (Phi) is 3.84. The number of halogens is 2. The molecule has 0 saturated heterocycles. The van der Waals surface area contributed by atoms with Gasteiger partial charge in [-0.25, -0.2) is 0 Å². The average molecular weight is 330 g/mol. The van der Waals surface area contributed by atoms with Gasteiger partial charge in [0.25, 0.3) is 0 Å². The van der Waals surface area contributed by atoms with E-state index in [9.17, 15) is 4.21 Å². The van der Waals surface area contributed by atoms with Crippen LogP contribution < -0.4 is 0 Å². The maximum Gasteiger partial charge on any atom is 0.146 e. The molecule has 1 aliphatic rings. The normalized spacial score (nSPS) is 16.4. The van der Waals surface area contributed by atoms with E-state index in [1.54, 1.807) is 18.2 Å². The smallest absolute Gasteiger partial charge is 0.146 e. The van der Waals surface area contributed by atoms with Crippen LogP contribution in [0.5, 0.6) is 0 Å². The first-order valence-electron chi connectivity index (χ1n) is 6.30. The number of aryl methyl sites for hydroxylation is 1. The van der Waals surface area contributed by atoms with Crippen molar-refractivity contribution in [2.75, 3.05) is 0 Å². The number of hydrogen-bond acceptors (Lipinski definition) is 3. The number of aromatic nitrogens is 3. The van der Waals surface area contributed by atoms with Crippen molar-refractivity contribution in [3.8, 4) is 0 Å². The molecular formula is C13H13Cl2N3OS. The molecule has 0 N–H and O–H groups in total. The summed E-state index contributed by atoms with van der Waals surface area (Å²) in [4.78, 5) is 0.655. The fraction of sp³-hybridized carbons (Fsp3) is 0.385. The lowest BCUT2D eigenvalue weighted by Crippen LogP contribution is -2.07. The third-order valence-corrected chi connectivity index (χ3v) is 5.30. The van der Waals surface area contributed by atoms with E-state index in [2.05, 4.69) is 14.8 Å². The second-order valence-electron chi connectivity index (χ2n) is 4.83. The van der Waals surface area contributed by atoms with E-state index in [-0.39, 0.29) is 0 Å². The quantitative estimate of drug-likeness (QED) is 0.861. The number of benzene rings is 1. The summed E-state index contributed by atoms with van der Waals surface area (Å²) in [5.41, 5.74) is 0. The van der Waals surface area contributed by atoms with Crippen LogP contribution in [-0.4, -0.2) is 19.0 Å². The largest absolute Gasteiger partial charge is 0.311 e. The van der Waals surface area contributed by atoms with Gasteiger partial charge in [-0.3, -0.25) is 4.21 Å². The average Bonchev–Trinajstić information content (AvgIpc) is 3.18. The van der Waals surface area contributed by atoms with Gasteiger partial charge in [0.1, 0.15) is 11.6 Å². The monoisotopic (exact) mass is 329 g/mol. The maximum atomic E-state index is 12.4. The minimum atomic E-state index is -1.21. The highest BCUT2D eigenvalue weighted by molar-refractivity contribution is 7.84. The third kappa shape index (κ3) is 2.75. The molecule has 0 amide bonds. The van der Waals surface area contributed by atoms with Crippen LogP contribution in [0.15, 0.2) is 23.1 Å². The Morgan fingerprint density at radius 2 is 2.05 bits per heavy atom. The van der Waals surface area contributed by atoms with Crippen molar-refractivity contribution < 1.29 is 4.21 Å². The maximum absolute atomic E-state index is 12.4. The van der Waals surface area contributed by atoms with E-state index in [4.69, 9.17) is 23.2 Å². The van der Waals surface area contributed by atoms with Crippen LogP contribution in [0.1, 0.15) is 30.5 Å². The zero-order valence-electron chi connectivity index (χ0n) is 10.8. The summed E-state index contributed by atoms with van der Waals surface area (Å²) >= 11 is 11.8. The molecule has 0 unspecified atom stereocenters. The Morgan fingerprint density at radius 1 is 1.30 bits per heavy atom. The second kappa shape index (κ2) is 5.47. The highest BCUT2D eigenvalue weighted by Gasteiger charge is 2.28. The van der Waals surface area contributed by atoms with Crippen molar-refractivity contribution in [1.29, 1.82) is 0 Å². The summed E-state index contributed by atoms with van der Waals surface area (Å²) in [5.74, 6) is 2.00. The Labute approximate surface area is 129 Å². The zero-order chi connectivity index (χ0) is 14.3. The molecule has 1 heterocycles. The SMILES string of the molecule is Cc1nnc(C[S@](=O)c2ccc(Cl)c(Cl)c2)n1C1CC1. The number of hydrogen-bond donors (Lipinski definition) is 0. The van der Waals surface area contributed by atoms with Crippen LogP contribution in [0.25, 0.3) is 0 Å². The van der Waals surface area contributed by atoms with Crippen molar-refractivity contribution in [3.63, 3.8) is 0 Å². The highest BCUT2D eigenvalue weighted by Crippen LogP contribution is 2.36. The van der Waals surface area contributed by atoms with Gasteiger partial charge in [0.2, 0.25) is 0 Å². The molecule has 1 aromatic heterocycles. The Balaban J connectivity index is 1.83. The fourth-order valence-corrected chi connectivity index (χ4v) is 3.57. The van der Waals surface area contributed by atoms with Crippen LogP contribution >= 0.6 is 23.2 Å². The van der Waals surface area contributed by atoms with Gasteiger partial charge >= 0.3 is 0 Å². The topological polar surface area (TPSA) is 47.8 Å². The van der Waals surface area contributed by atoms with Crippen molar-refractivity contribution in [3.05, 3.63) is 39.9 Å². The first-order chi connectivity index (χ1) is 9.56. The van der Waals surface area contributed by atoms with Crippen molar-refractivity contribution in [2.45, 2.75) is 36.5 Å². The molecule has 0 spiro atoms. The molecule has 0 aliphatic heterocycles. The van der Waals surface area contributed by atoms with E-state index in [0.717, 1.165) is 24.5 Å². The molecule has 0 bridgehead atoms. The second-order valence-corrected chi connectivity index (χ2v) is 7.10. The van der Waals surface area contributed by atoms with Crippen LogP contribution in [-0.2, 0) is 16.6 Å². The first-order valence-corrected chi connectivity index (χ1v) is 8.37. The van der Waals surface area contributed by atoms with Crippen LogP contribution in [0.3, 0.4) is 0 Å². The third-order valence-electron chi connectivity index (χ3n) is 3.26. The molecule has 0 radical (unpaired) electrons. The van der Waals surface area contributed by atoms with Gasteiger partial charge < -0.3 is 4.57 Å². The van der Waals surface area contributed by atoms with Gasteiger partial charge in [-0.05, 0) is 38.0 Å². The summed E-state index contributed by atoms with van der Waals surface area (Å²) in [5, 5.41) is 9.11. The number of nitrogens with zero attached hydrogens (tertiary/aromatic N) is 3. The molecule has 106 valence electrons. The highest BCUT2D eigenvalue weighted by atomic mass is 35.5. The summed E-state index contributed by atoms with van der Waals surface area (Å²) in [7, 11) is -1.21. The Hall–Kier alpha value is -0.910. The van der Waals surface area contributed by atoms with Gasteiger partial charge in [0.15, 0.2) is 0 Å². The Morgan fingerprint density at radius 3 is 2.70 bits per heavy atom.